The van der Waals surface area contributed by atoms with Crippen molar-refractivity contribution < 1.29 is 17.5 Å². The molecule has 0 amide bonds. The van der Waals surface area contributed by atoms with E-state index in [1.165, 1.54) is 17.7 Å². The number of nitrogens with zero attached hydrogens (tertiary/aromatic N) is 4. The summed E-state index contributed by atoms with van der Waals surface area (Å²) in [6.07, 6.45) is 4.04. The Labute approximate surface area is 184 Å². The zero-order valence-corrected chi connectivity index (χ0v) is 17.7. The predicted octanol–water partition coefficient (Wildman–Crippen LogP) is 2.09. The van der Waals surface area contributed by atoms with Gasteiger partial charge < -0.3 is 10.1 Å². The SMILES string of the molecule is O=[SH](=O)NCc1ccc(-c2cnc(NCc3cccc4c3CCO4)n3cnnc23)cc1F. The van der Waals surface area contributed by atoms with Crippen LogP contribution >= 0.6 is 0 Å². The van der Waals surface area contributed by atoms with Crippen molar-refractivity contribution in [1.82, 2.24) is 24.3 Å². The van der Waals surface area contributed by atoms with E-state index in [1.54, 1.807) is 23.0 Å². The zero-order chi connectivity index (χ0) is 22.1. The second-order valence-electron chi connectivity index (χ2n) is 7.26. The number of anilines is 1. The second-order valence-corrected chi connectivity index (χ2v) is 8.09. The molecule has 3 heterocycles. The molecule has 4 aromatic rings. The lowest BCUT2D eigenvalue weighted by atomic mass is 10.1. The molecule has 1 aliphatic heterocycles. The number of hydrogen-bond donors (Lipinski definition) is 3. The standard InChI is InChI=1S/C21H19FN6O3S/c22-18-8-13(4-5-15(18)10-26-32(29)30)17-11-24-21(28-12-25-27-20(17)28)23-9-14-2-1-3-19-16(14)6-7-31-19/h1-5,8,11-12,32H,6-7,9-10H2,(H,23,24)(H,26,29,30). The fourth-order valence-corrected chi connectivity index (χ4v) is 4.09. The number of fused-ring (bicyclic) bond motifs is 2. The Morgan fingerprint density at radius 2 is 2.06 bits per heavy atom. The average Bonchev–Trinajstić information content (AvgIpc) is 3.46. The van der Waals surface area contributed by atoms with Gasteiger partial charge in [0.2, 0.25) is 16.8 Å². The maximum Gasteiger partial charge on any atom is 0.210 e. The van der Waals surface area contributed by atoms with E-state index in [0.29, 0.717) is 35.9 Å². The van der Waals surface area contributed by atoms with E-state index >= 15 is 0 Å². The molecule has 32 heavy (non-hydrogen) atoms. The van der Waals surface area contributed by atoms with E-state index in [1.807, 2.05) is 12.1 Å². The molecule has 0 spiro atoms. The van der Waals surface area contributed by atoms with Crippen LogP contribution in [-0.2, 0) is 30.4 Å². The van der Waals surface area contributed by atoms with E-state index in [2.05, 4.69) is 31.3 Å². The highest BCUT2D eigenvalue weighted by atomic mass is 32.2. The minimum absolute atomic E-state index is 0.111. The van der Waals surface area contributed by atoms with Crippen LogP contribution in [0.1, 0.15) is 16.7 Å². The minimum atomic E-state index is -2.79. The third-order valence-electron chi connectivity index (χ3n) is 5.37. The van der Waals surface area contributed by atoms with Gasteiger partial charge in [-0.25, -0.2) is 22.5 Å². The first-order valence-corrected chi connectivity index (χ1v) is 11.1. The molecule has 164 valence electrons. The third-order valence-corrected chi connectivity index (χ3v) is 5.79. The number of nitrogens with one attached hydrogen (secondary N) is 2. The molecule has 0 fully saturated rings. The summed E-state index contributed by atoms with van der Waals surface area (Å²) in [5.41, 5.74) is 4.28. The van der Waals surface area contributed by atoms with Gasteiger partial charge in [-0.3, -0.25) is 4.40 Å². The van der Waals surface area contributed by atoms with E-state index in [9.17, 15) is 12.8 Å². The van der Waals surface area contributed by atoms with Gasteiger partial charge in [-0.15, -0.1) is 10.2 Å². The topological polar surface area (TPSA) is 111 Å². The Bertz CT molecular complexity index is 1380. The maximum absolute atomic E-state index is 14.5. The molecule has 0 radical (unpaired) electrons. The highest BCUT2D eigenvalue weighted by Gasteiger charge is 2.17. The number of benzene rings is 2. The first-order chi connectivity index (χ1) is 15.6. The molecular formula is C21H19FN6O3S. The Morgan fingerprint density at radius 3 is 2.91 bits per heavy atom. The first kappa shape index (κ1) is 20.3. The van der Waals surface area contributed by atoms with Crippen LogP contribution < -0.4 is 14.8 Å². The Balaban J connectivity index is 1.42. The normalized spacial score (nSPS) is 12.8. The summed E-state index contributed by atoms with van der Waals surface area (Å²) in [6, 6.07) is 10.6. The van der Waals surface area contributed by atoms with Gasteiger partial charge in [0.05, 0.1) is 6.61 Å². The van der Waals surface area contributed by atoms with Gasteiger partial charge in [0, 0.05) is 42.4 Å². The van der Waals surface area contributed by atoms with Gasteiger partial charge in [-0.05, 0) is 23.3 Å². The quantitative estimate of drug-likeness (QED) is 0.367. The van der Waals surface area contributed by atoms with Crippen molar-refractivity contribution in [2.75, 3.05) is 11.9 Å². The molecular weight excluding hydrogens is 435 g/mol. The van der Waals surface area contributed by atoms with Gasteiger partial charge in [-0.1, -0.05) is 24.3 Å². The lowest BCUT2D eigenvalue weighted by Gasteiger charge is -2.12. The lowest BCUT2D eigenvalue weighted by Crippen LogP contribution is -2.11. The van der Waals surface area contributed by atoms with Gasteiger partial charge >= 0.3 is 0 Å². The van der Waals surface area contributed by atoms with E-state index < -0.39 is 16.7 Å². The summed E-state index contributed by atoms with van der Waals surface area (Å²) in [6.45, 7) is 1.14. The zero-order valence-electron chi connectivity index (χ0n) is 16.8. The van der Waals surface area contributed by atoms with E-state index in [4.69, 9.17) is 4.74 Å². The van der Waals surface area contributed by atoms with Crippen molar-refractivity contribution in [1.29, 1.82) is 0 Å². The first-order valence-electron chi connectivity index (χ1n) is 9.93. The fourth-order valence-electron chi connectivity index (χ4n) is 3.79. The van der Waals surface area contributed by atoms with Gasteiger partial charge in [0.1, 0.15) is 17.9 Å². The lowest BCUT2D eigenvalue weighted by molar-refractivity contribution is 0.357. The van der Waals surface area contributed by atoms with Crippen molar-refractivity contribution in [3.05, 3.63) is 71.4 Å². The molecule has 0 bridgehead atoms. The molecule has 5 rings (SSSR count). The molecule has 11 heteroatoms. The highest BCUT2D eigenvalue weighted by molar-refractivity contribution is 7.70. The van der Waals surface area contributed by atoms with E-state index in [-0.39, 0.29) is 12.1 Å². The predicted molar refractivity (Wildman–Crippen MR) is 116 cm³/mol. The van der Waals surface area contributed by atoms with E-state index in [0.717, 1.165) is 17.7 Å². The van der Waals surface area contributed by atoms with Crippen LogP contribution in [0.5, 0.6) is 5.75 Å². The van der Waals surface area contributed by atoms with Crippen LogP contribution in [0.25, 0.3) is 16.8 Å². The summed E-state index contributed by atoms with van der Waals surface area (Å²) in [5, 5.41) is 11.5. The molecule has 0 saturated heterocycles. The molecule has 2 N–H and O–H groups in total. The van der Waals surface area contributed by atoms with Crippen molar-refractivity contribution in [2.24, 2.45) is 0 Å². The molecule has 2 aromatic heterocycles. The Hall–Kier alpha value is -3.57. The molecule has 2 aromatic carbocycles. The van der Waals surface area contributed by atoms with Gasteiger partial charge in [0.15, 0.2) is 5.65 Å². The van der Waals surface area contributed by atoms with Crippen LogP contribution in [0.15, 0.2) is 48.9 Å². The Kier molecular flexibility index (Phi) is 5.41. The Morgan fingerprint density at radius 1 is 1.16 bits per heavy atom. The van der Waals surface area contributed by atoms with Crippen LogP contribution in [0.3, 0.4) is 0 Å². The second kappa shape index (κ2) is 8.52. The van der Waals surface area contributed by atoms with Crippen molar-refractivity contribution in [3.63, 3.8) is 0 Å². The number of halogens is 1. The summed E-state index contributed by atoms with van der Waals surface area (Å²) >= 11 is 0. The third kappa shape index (κ3) is 3.87. The summed E-state index contributed by atoms with van der Waals surface area (Å²) < 4.78 is 45.4. The van der Waals surface area contributed by atoms with Gasteiger partial charge in [0.25, 0.3) is 0 Å². The number of thiol groups is 1. The van der Waals surface area contributed by atoms with Crippen molar-refractivity contribution in [3.8, 4) is 16.9 Å². The molecule has 0 saturated carbocycles. The fraction of sp³-hybridized carbons (Fsp3) is 0.190. The summed E-state index contributed by atoms with van der Waals surface area (Å²) in [7, 11) is -2.79. The molecule has 0 atom stereocenters. The minimum Gasteiger partial charge on any atom is -0.493 e. The summed E-state index contributed by atoms with van der Waals surface area (Å²) in [5.74, 6) is 0.961. The van der Waals surface area contributed by atoms with Crippen LogP contribution in [0.4, 0.5) is 10.3 Å². The largest absolute Gasteiger partial charge is 0.493 e. The number of rotatable bonds is 7. The smallest absolute Gasteiger partial charge is 0.210 e. The number of ether oxygens (including phenoxy) is 1. The molecule has 0 aliphatic carbocycles. The molecule has 0 unspecified atom stereocenters. The van der Waals surface area contributed by atoms with Crippen molar-refractivity contribution >= 4 is 22.5 Å². The van der Waals surface area contributed by atoms with Crippen LogP contribution in [0.2, 0.25) is 0 Å². The highest BCUT2D eigenvalue weighted by Crippen LogP contribution is 2.29. The molecule has 9 nitrogen and oxygen atoms in total. The van der Waals surface area contributed by atoms with Crippen molar-refractivity contribution in [2.45, 2.75) is 19.5 Å². The summed E-state index contributed by atoms with van der Waals surface area (Å²) in [4.78, 5) is 4.50. The number of hydrogen-bond acceptors (Lipinski definition) is 7. The van der Waals surface area contributed by atoms with Gasteiger partial charge in [-0.2, -0.15) is 0 Å². The van der Waals surface area contributed by atoms with Crippen LogP contribution in [-0.4, -0.2) is 34.6 Å². The molecule has 1 aliphatic rings. The monoisotopic (exact) mass is 454 g/mol. The van der Waals surface area contributed by atoms with Crippen LogP contribution in [0, 0.1) is 5.82 Å². The number of aromatic nitrogens is 4. The maximum atomic E-state index is 14.5. The average molecular weight is 454 g/mol.